The summed E-state index contributed by atoms with van der Waals surface area (Å²) in [4.78, 5) is 4.13. The smallest absolute Gasteiger partial charge is 0.119 e. The monoisotopic (exact) mass is 429 g/mol. The Morgan fingerprint density at radius 2 is 2.08 bits per heavy atom. The van der Waals surface area contributed by atoms with Crippen LogP contribution in [0.5, 0.6) is 5.75 Å². The topological polar surface area (TPSA) is 23.5 Å². The van der Waals surface area contributed by atoms with Crippen molar-refractivity contribution >= 4 is 39.7 Å². The number of fused-ring (bicyclic) bond motifs is 1. The highest BCUT2D eigenvalue weighted by Gasteiger charge is 2.26. The third-order valence-corrected chi connectivity index (χ3v) is 6.45. The summed E-state index contributed by atoms with van der Waals surface area (Å²) in [5.41, 5.74) is 2.45. The maximum absolute atomic E-state index is 10.1. The van der Waals surface area contributed by atoms with Crippen LogP contribution in [-0.2, 0) is 19.3 Å². The molecule has 0 radical (unpaired) electrons. The number of aromatic hydroxyl groups is 1. The summed E-state index contributed by atoms with van der Waals surface area (Å²) in [5.74, 6) is 0.460. The fourth-order valence-electron chi connectivity index (χ4n) is 3.58. The van der Waals surface area contributed by atoms with Gasteiger partial charge < -0.3 is 5.11 Å². The highest BCUT2D eigenvalue weighted by molar-refractivity contribution is 9.10. The molecule has 2 aromatic rings. The average molecular weight is 431 g/mol. The van der Waals surface area contributed by atoms with Gasteiger partial charge in [-0.15, -0.1) is 23.7 Å². The summed E-state index contributed by atoms with van der Waals surface area (Å²) < 4.78 is 1.14. The Morgan fingerprint density at radius 3 is 2.79 bits per heavy atom. The van der Waals surface area contributed by atoms with Crippen LogP contribution in [0.1, 0.15) is 35.8 Å². The van der Waals surface area contributed by atoms with Gasteiger partial charge in [-0.25, -0.2) is 0 Å². The summed E-state index contributed by atoms with van der Waals surface area (Å²) in [6, 6.07) is 8.75. The molecule has 1 atom stereocenters. The van der Waals surface area contributed by atoms with Crippen LogP contribution in [-0.4, -0.2) is 29.1 Å². The molecule has 0 saturated heterocycles. The van der Waals surface area contributed by atoms with E-state index in [-0.39, 0.29) is 12.4 Å². The summed E-state index contributed by atoms with van der Waals surface area (Å²) in [5, 5.41) is 12.3. The molecule has 0 spiro atoms. The Morgan fingerprint density at radius 1 is 1.25 bits per heavy atom. The van der Waals surface area contributed by atoms with Crippen molar-refractivity contribution in [1.29, 1.82) is 0 Å². The number of hydrogen-bond donors (Lipinski definition) is 1. The lowest BCUT2D eigenvalue weighted by Gasteiger charge is -2.35. The molecule has 1 aromatic carbocycles. The highest BCUT2D eigenvalue weighted by atomic mass is 79.9. The van der Waals surface area contributed by atoms with E-state index in [1.807, 2.05) is 23.5 Å². The van der Waals surface area contributed by atoms with E-state index in [0.717, 1.165) is 48.8 Å². The van der Waals surface area contributed by atoms with Crippen LogP contribution < -0.4 is 0 Å². The molecule has 1 heterocycles. The molecular weight excluding hydrogens is 406 g/mol. The van der Waals surface area contributed by atoms with Crippen molar-refractivity contribution in [3.8, 4) is 5.75 Å². The van der Waals surface area contributed by atoms with Gasteiger partial charge in [-0.2, -0.15) is 0 Å². The molecule has 1 aliphatic rings. The van der Waals surface area contributed by atoms with E-state index in [2.05, 4.69) is 45.3 Å². The van der Waals surface area contributed by atoms with Crippen molar-refractivity contribution < 1.29 is 5.11 Å². The fourth-order valence-corrected chi connectivity index (χ4v) is 4.82. The van der Waals surface area contributed by atoms with Crippen molar-refractivity contribution in [2.75, 3.05) is 13.1 Å². The second-order valence-electron chi connectivity index (χ2n) is 6.29. The highest BCUT2D eigenvalue weighted by Crippen LogP contribution is 2.35. The lowest BCUT2D eigenvalue weighted by molar-refractivity contribution is 0.181. The van der Waals surface area contributed by atoms with E-state index in [0.29, 0.717) is 11.8 Å². The molecule has 0 amide bonds. The van der Waals surface area contributed by atoms with Crippen LogP contribution in [0.15, 0.2) is 34.1 Å². The largest absolute Gasteiger partial charge is 0.508 e. The first-order valence-electron chi connectivity index (χ1n) is 8.44. The summed E-state index contributed by atoms with van der Waals surface area (Å²) in [6.07, 6.45) is 5.48. The third-order valence-electron chi connectivity index (χ3n) is 4.77. The number of halogens is 2. The maximum atomic E-state index is 10.1. The van der Waals surface area contributed by atoms with E-state index < -0.39 is 0 Å². The number of thiophene rings is 1. The Labute approximate surface area is 163 Å². The summed E-state index contributed by atoms with van der Waals surface area (Å²) >= 11 is 5.53. The molecule has 5 heteroatoms. The van der Waals surface area contributed by atoms with Crippen LogP contribution in [0.2, 0.25) is 0 Å². The maximum Gasteiger partial charge on any atom is 0.119 e. The van der Waals surface area contributed by atoms with Crippen molar-refractivity contribution in [3.05, 3.63) is 50.1 Å². The zero-order valence-corrected chi connectivity index (χ0v) is 17.2. The van der Waals surface area contributed by atoms with Crippen LogP contribution in [0.3, 0.4) is 0 Å². The van der Waals surface area contributed by atoms with E-state index in [1.165, 1.54) is 16.9 Å². The molecule has 2 nitrogen and oxygen atoms in total. The minimum Gasteiger partial charge on any atom is -0.508 e. The van der Waals surface area contributed by atoms with Gasteiger partial charge in [0.15, 0.2) is 0 Å². The van der Waals surface area contributed by atoms with Crippen LogP contribution in [0, 0.1) is 0 Å². The zero-order valence-electron chi connectivity index (χ0n) is 14.0. The summed E-state index contributed by atoms with van der Waals surface area (Å²) in [7, 11) is 0. The predicted octanol–water partition coefficient (Wildman–Crippen LogP) is 5.45. The van der Waals surface area contributed by atoms with Crippen LogP contribution in [0.4, 0.5) is 0 Å². The van der Waals surface area contributed by atoms with Crippen molar-refractivity contribution in [1.82, 2.24) is 4.90 Å². The van der Waals surface area contributed by atoms with Gasteiger partial charge >= 0.3 is 0 Å². The van der Waals surface area contributed by atoms with Crippen molar-refractivity contribution in [2.45, 2.75) is 45.1 Å². The minimum atomic E-state index is 0. The van der Waals surface area contributed by atoms with E-state index in [9.17, 15) is 5.11 Å². The molecule has 0 aliphatic heterocycles. The van der Waals surface area contributed by atoms with Crippen LogP contribution >= 0.6 is 39.7 Å². The number of hydrogen-bond acceptors (Lipinski definition) is 3. The minimum absolute atomic E-state index is 0. The SMILES string of the molecule is CCCN(CCc1cccs1)[C@H]1CCc2c(O)ccc(Br)c2C1.Cl. The first-order valence-corrected chi connectivity index (χ1v) is 10.1. The Bertz CT molecular complexity index is 647. The predicted molar refractivity (Wildman–Crippen MR) is 109 cm³/mol. The van der Waals surface area contributed by atoms with Crippen molar-refractivity contribution in [2.24, 2.45) is 0 Å². The molecule has 0 unspecified atom stereocenters. The molecular formula is C19H25BrClNOS. The Kier molecular flexibility index (Phi) is 7.60. The molecule has 0 saturated carbocycles. The zero-order chi connectivity index (χ0) is 16.2. The van der Waals surface area contributed by atoms with Crippen LogP contribution in [0.25, 0.3) is 0 Å². The van der Waals surface area contributed by atoms with Gasteiger partial charge in [0.05, 0.1) is 0 Å². The van der Waals surface area contributed by atoms with Gasteiger partial charge in [-0.3, -0.25) is 4.90 Å². The number of benzene rings is 1. The second kappa shape index (κ2) is 9.23. The normalized spacial score (nSPS) is 16.7. The standard InChI is InChI=1S/C19H24BrNOS.ClH/c1-2-10-21(11-9-15-4-3-12-23-15)14-5-6-16-17(13-14)18(20)7-8-19(16)22;/h3-4,7-8,12,14,22H,2,5-6,9-11,13H2,1H3;1H/t14-;/m0./s1. The number of nitrogens with zero attached hydrogens (tertiary/aromatic N) is 1. The molecule has 132 valence electrons. The first kappa shape index (κ1) is 19.8. The van der Waals surface area contributed by atoms with Gasteiger partial charge in [0.1, 0.15) is 5.75 Å². The third kappa shape index (κ3) is 4.54. The average Bonchev–Trinajstić information content (AvgIpc) is 3.08. The molecule has 0 bridgehead atoms. The Hall–Kier alpha value is -0.550. The molecule has 24 heavy (non-hydrogen) atoms. The van der Waals surface area contributed by atoms with E-state index in [1.54, 1.807) is 0 Å². The first-order chi connectivity index (χ1) is 11.2. The van der Waals surface area contributed by atoms with Gasteiger partial charge in [-0.1, -0.05) is 28.9 Å². The van der Waals surface area contributed by atoms with Gasteiger partial charge in [0.25, 0.3) is 0 Å². The molecule has 0 fully saturated rings. The molecule has 1 N–H and O–H groups in total. The van der Waals surface area contributed by atoms with Gasteiger partial charge in [0.2, 0.25) is 0 Å². The number of phenolic OH excluding ortho intramolecular Hbond substituents is 1. The Balaban J connectivity index is 0.00000208. The lowest BCUT2D eigenvalue weighted by Crippen LogP contribution is -2.41. The van der Waals surface area contributed by atoms with Gasteiger partial charge in [0, 0.05) is 21.9 Å². The quantitative estimate of drug-likeness (QED) is 0.658. The molecule has 3 rings (SSSR count). The van der Waals surface area contributed by atoms with Gasteiger partial charge in [-0.05, 0) is 73.4 Å². The lowest BCUT2D eigenvalue weighted by atomic mass is 9.86. The van der Waals surface area contributed by atoms with Crippen molar-refractivity contribution in [3.63, 3.8) is 0 Å². The number of phenols is 1. The number of rotatable bonds is 6. The molecule has 1 aromatic heterocycles. The second-order valence-corrected chi connectivity index (χ2v) is 8.17. The molecule has 1 aliphatic carbocycles. The summed E-state index contributed by atoms with van der Waals surface area (Å²) in [6.45, 7) is 4.54. The van der Waals surface area contributed by atoms with E-state index in [4.69, 9.17) is 0 Å². The van der Waals surface area contributed by atoms with E-state index >= 15 is 0 Å². The fraction of sp³-hybridized carbons (Fsp3) is 0.474.